The smallest absolute Gasteiger partial charge is 0.252 e. The van der Waals surface area contributed by atoms with Gasteiger partial charge in [0.2, 0.25) is 5.91 Å². The number of nitrogens with one attached hydrogen (secondary N) is 1. The lowest BCUT2D eigenvalue weighted by atomic mass is 10.0. The van der Waals surface area contributed by atoms with Crippen molar-refractivity contribution in [3.05, 3.63) is 53.5 Å². The van der Waals surface area contributed by atoms with Crippen molar-refractivity contribution < 1.29 is 14.3 Å². The van der Waals surface area contributed by atoms with E-state index in [1.807, 2.05) is 39.0 Å². The van der Waals surface area contributed by atoms with Crippen LogP contribution in [-0.4, -0.2) is 44.6 Å². The van der Waals surface area contributed by atoms with Gasteiger partial charge in [0.1, 0.15) is 5.82 Å². The van der Waals surface area contributed by atoms with Crippen LogP contribution in [0.4, 0.5) is 5.82 Å². The van der Waals surface area contributed by atoms with Crippen LogP contribution in [0.5, 0.6) is 11.5 Å². The van der Waals surface area contributed by atoms with Crippen LogP contribution in [0.25, 0.3) is 5.95 Å². The number of aromatic nitrogens is 4. The van der Waals surface area contributed by atoms with Crippen molar-refractivity contribution in [1.29, 1.82) is 0 Å². The molecule has 0 saturated heterocycles. The van der Waals surface area contributed by atoms with Gasteiger partial charge < -0.3 is 14.8 Å². The Bertz CT molecular complexity index is 1070. The third-order valence-electron chi connectivity index (χ3n) is 4.61. The summed E-state index contributed by atoms with van der Waals surface area (Å²) in [5.41, 5.74) is 2.62. The van der Waals surface area contributed by atoms with Crippen molar-refractivity contribution in [3.63, 3.8) is 0 Å². The Morgan fingerprint density at radius 1 is 1.23 bits per heavy atom. The third-order valence-corrected chi connectivity index (χ3v) is 5.87. The highest BCUT2D eigenvalue weighted by atomic mass is 32.2. The van der Waals surface area contributed by atoms with Crippen molar-refractivity contribution in [2.45, 2.75) is 32.1 Å². The fourth-order valence-corrected chi connectivity index (χ4v) is 4.64. The number of thioether (sulfide) groups is 1. The predicted octanol–water partition coefficient (Wildman–Crippen LogP) is 3.54. The number of para-hydroxylation sites is 1. The van der Waals surface area contributed by atoms with Crippen LogP contribution in [0.2, 0.25) is 0 Å². The Kier molecular flexibility index (Phi) is 5.63. The average molecular weight is 426 g/mol. The Morgan fingerprint density at radius 3 is 2.70 bits per heavy atom. The molecule has 1 aliphatic heterocycles. The first-order chi connectivity index (χ1) is 14.5. The van der Waals surface area contributed by atoms with Gasteiger partial charge in [0, 0.05) is 23.5 Å². The molecule has 0 spiro atoms. The van der Waals surface area contributed by atoms with Gasteiger partial charge >= 0.3 is 0 Å². The van der Waals surface area contributed by atoms with Gasteiger partial charge in [0.05, 0.1) is 29.9 Å². The molecule has 3 heterocycles. The summed E-state index contributed by atoms with van der Waals surface area (Å²) >= 11 is 1.53. The minimum atomic E-state index is -0.180. The Morgan fingerprint density at radius 2 is 2.00 bits per heavy atom. The largest absolute Gasteiger partial charge is 0.493 e. The Hall–Kier alpha value is -3.07. The molecule has 30 heavy (non-hydrogen) atoms. The normalized spacial score (nSPS) is 16.0. The zero-order valence-corrected chi connectivity index (χ0v) is 18.1. The second-order valence-corrected chi connectivity index (χ2v) is 8.19. The van der Waals surface area contributed by atoms with Crippen molar-refractivity contribution in [2.75, 3.05) is 18.2 Å². The fourth-order valence-electron chi connectivity index (χ4n) is 3.44. The van der Waals surface area contributed by atoms with Crippen LogP contribution in [0.1, 0.15) is 35.9 Å². The third kappa shape index (κ3) is 3.72. The quantitative estimate of drug-likeness (QED) is 0.668. The standard InChI is InChI=1S/C21H23N5O3S/c1-12(2)29-18-14(7-5-8-15(18)28-4)19-17-13(3)25-26(21-22-9-6-10-23-21)20(17)24-16(27)11-30-19/h5-10,12,19H,11H2,1-4H3,(H,24,27). The molecule has 0 saturated carbocycles. The van der Waals surface area contributed by atoms with E-state index in [-0.39, 0.29) is 17.3 Å². The molecule has 1 aromatic carbocycles. The molecule has 4 rings (SSSR count). The van der Waals surface area contributed by atoms with Gasteiger partial charge in [-0.25, -0.2) is 9.97 Å². The highest BCUT2D eigenvalue weighted by molar-refractivity contribution is 8.00. The number of rotatable bonds is 5. The number of carbonyl (C=O) groups excluding carboxylic acids is 1. The Labute approximate surface area is 179 Å². The predicted molar refractivity (Wildman–Crippen MR) is 116 cm³/mol. The topological polar surface area (TPSA) is 91.2 Å². The molecule has 8 nitrogen and oxygen atoms in total. The first-order valence-corrected chi connectivity index (χ1v) is 10.7. The summed E-state index contributed by atoms with van der Waals surface area (Å²) in [4.78, 5) is 21.1. The summed E-state index contributed by atoms with van der Waals surface area (Å²) in [6.07, 6.45) is 3.26. The summed E-state index contributed by atoms with van der Waals surface area (Å²) in [6, 6.07) is 7.55. The highest BCUT2D eigenvalue weighted by Crippen LogP contribution is 2.48. The second-order valence-electron chi connectivity index (χ2n) is 7.09. The molecule has 2 aromatic heterocycles. The van der Waals surface area contributed by atoms with Gasteiger partial charge in [-0.1, -0.05) is 12.1 Å². The van der Waals surface area contributed by atoms with Crippen LogP contribution in [-0.2, 0) is 4.79 Å². The van der Waals surface area contributed by atoms with E-state index in [0.717, 1.165) is 16.8 Å². The number of hydrogen-bond acceptors (Lipinski definition) is 7. The summed E-state index contributed by atoms with van der Waals surface area (Å²) < 4.78 is 13.3. The van der Waals surface area contributed by atoms with E-state index in [1.165, 1.54) is 11.8 Å². The minimum Gasteiger partial charge on any atom is -0.493 e. The summed E-state index contributed by atoms with van der Waals surface area (Å²) in [5.74, 6) is 2.51. The van der Waals surface area contributed by atoms with E-state index in [4.69, 9.17) is 9.47 Å². The average Bonchev–Trinajstić information content (AvgIpc) is 2.94. The first kappa shape index (κ1) is 20.2. The van der Waals surface area contributed by atoms with Gasteiger partial charge in [-0.15, -0.1) is 11.8 Å². The molecule has 0 aliphatic carbocycles. The molecular weight excluding hydrogens is 402 g/mol. The maximum Gasteiger partial charge on any atom is 0.252 e. The Balaban J connectivity index is 1.91. The van der Waals surface area contributed by atoms with E-state index in [2.05, 4.69) is 20.4 Å². The number of nitrogens with zero attached hydrogens (tertiary/aromatic N) is 4. The number of methoxy groups -OCH3 is 1. The second kappa shape index (κ2) is 8.35. The molecule has 0 bridgehead atoms. The molecule has 0 radical (unpaired) electrons. The lowest BCUT2D eigenvalue weighted by molar-refractivity contribution is -0.113. The SMILES string of the molecule is COc1cccc(C2SCC(=O)Nc3c2c(C)nn3-c2ncccn2)c1OC(C)C. The molecule has 1 N–H and O–H groups in total. The zero-order chi connectivity index (χ0) is 21.3. The van der Waals surface area contributed by atoms with Crippen molar-refractivity contribution in [3.8, 4) is 17.4 Å². The van der Waals surface area contributed by atoms with Gasteiger partial charge in [-0.3, -0.25) is 4.79 Å². The molecule has 156 valence electrons. The van der Waals surface area contributed by atoms with Crippen LogP contribution in [0, 0.1) is 6.92 Å². The van der Waals surface area contributed by atoms with E-state index < -0.39 is 0 Å². The van der Waals surface area contributed by atoms with Crippen LogP contribution < -0.4 is 14.8 Å². The summed E-state index contributed by atoms with van der Waals surface area (Å²) in [7, 11) is 1.62. The molecule has 1 amide bonds. The first-order valence-electron chi connectivity index (χ1n) is 9.61. The highest BCUT2D eigenvalue weighted by Gasteiger charge is 2.33. The van der Waals surface area contributed by atoms with E-state index in [9.17, 15) is 4.79 Å². The van der Waals surface area contributed by atoms with Gasteiger partial charge in [-0.05, 0) is 32.9 Å². The molecule has 9 heteroatoms. The molecule has 1 unspecified atom stereocenters. The van der Waals surface area contributed by atoms with Gasteiger partial charge in [0.15, 0.2) is 11.5 Å². The van der Waals surface area contributed by atoms with E-state index >= 15 is 0 Å². The lowest BCUT2D eigenvalue weighted by Gasteiger charge is -2.22. The molecular formula is C21H23N5O3S. The zero-order valence-electron chi connectivity index (χ0n) is 17.2. The van der Waals surface area contributed by atoms with Crippen LogP contribution >= 0.6 is 11.8 Å². The maximum absolute atomic E-state index is 12.5. The maximum atomic E-state index is 12.5. The minimum absolute atomic E-state index is 0.0309. The molecule has 1 atom stereocenters. The van der Waals surface area contributed by atoms with Crippen molar-refractivity contribution in [2.24, 2.45) is 0 Å². The summed E-state index contributed by atoms with van der Waals surface area (Å²) in [6.45, 7) is 5.87. The number of hydrogen-bond donors (Lipinski definition) is 1. The van der Waals surface area contributed by atoms with E-state index in [0.29, 0.717) is 29.0 Å². The van der Waals surface area contributed by atoms with Crippen LogP contribution in [0.3, 0.4) is 0 Å². The molecule has 0 fully saturated rings. The number of anilines is 1. The molecule has 1 aliphatic rings. The number of amides is 1. The lowest BCUT2D eigenvalue weighted by Crippen LogP contribution is -2.16. The van der Waals surface area contributed by atoms with Gasteiger partial charge in [0.25, 0.3) is 5.95 Å². The number of benzene rings is 1. The van der Waals surface area contributed by atoms with E-state index in [1.54, 1.807) is 30.3 Å². The molecule has 3 aromatic rings. The van der Waals surface area contributed by atoms with Crippen LogP contribution in [0.15, 0.2) is 36.7 Å². The monoisotopic (exact) mass is 425 g/mol. The fraction of sp³-hybridized carbons (Fsp3) is 0.333. The van der Waals surface area contributed by atoms with Gasteiger partial charge in [-0.2, -0.15) is 9.78 Å². The number of aryl methyl sites for hydroxylation is 1. The summed E-state index contributed by atoms with van der Waals surface area (Å²) in [5, 5.41) is 7.45. The van der Waals surface area contributed by atoms with Crippen molar-refractivity contribution >= 4 is 23.5 Å². The number of ether oxygens (including phenoxy) is 2. The van der Waals surface area contributed by atoms with Crippen molar-refractivity contribution in [1.82, 2.24) is 19.7 Å². The number of fused-ring (bicyclic) bond motifs is 1. The number of carbonyl (C=O) groups is 1.